The van der Waals surface area contributed by atoms with Crippen molar-refractivity contribution >= 4 is 17.4 Å². The maximum Gasteiger partial charge on any atom is 0.274 e. The third-order valence-electron chi connectivity index (χ3n) is 4.40. The summed E-state index contributed by atoms with van der Waals surface area (Å²) in [5, 5.41) is 6.26. The highest BCUT2D eigenvalue weighted by molar-refractivity contribution is 6.03. The fraction of sp³-hybridized carbons (Fsp3) is 0.261. The number of nitrogens with one attached hydrogen (secondary N) is 2. The van der Waals surface area contributed by atoms with Gasteiger partial charge in [0.05, 0.1) is 6.10 Å². The molecule has 2 N–H and O–H groups in total. The molecule has 0 unspecified atom stereocenters. The van der Waals surface area contributed by atoms with E-state index in [0.717, 1.165) is 24.2 Å². The molecule has 1 aliphatic carbocycles. The Morgan fingerprint density at radius 2 is 1.76 bits per heavy atom. The van der Waals surface area contributed by atoms with Crippen LogP contribution in [0.3, 0.4) is 0 Å². The van der Waals surface area contributed by atoms with Crippen molar-refractivity contribution in [2.45, 2.75) is 38.8 Å². The Kier molecular flexibility index (Phi) is 5.42. The minimum absolute atomic E-state index is 0.102. The monoisotopic (exact) mass is 388 g/mol. The van der Waals surface area contributed by atoms with E-state index in [2.05, 4.69) is 20.6 Å². The van der Waals surface area contributed by atoms with Crippen LogP contribution in [0.5, 0.6) is 5.75 Å². The summed E-state index contributed by atoms with van der Waals surface area (Å²) in [6, 6.07) is 19.1. The van der Waals surface area contributed by atoms with Gasteiger partial charge in [-0.3, -0.25) is 4.79 Å². The number of hydrogen-bond donors (Lipinski definition) is 2. The number of amides is 1. The second-order valence-electron chi connectivity index (χ2n) is 7.39. The average molecular weight is 388 g/mol. The highest BCUT2D eigenvalue weighted by Gasteiger charge is 2.23. The van der Waals surface area contributed by atoms with Crippen molar-refractivity contribution in [2.24, 2.45) is 0 Å². The third kappa shape index (κ3) is 5.10. The van der Waals surface area contributed by atoms with E-state index in [0.29, 0.717) is 29.1 Å². The lowest BCUT2D eigenvalue weighted by Crippen LogP contribution is -2.16. The SMILES string of the molecule is CC(C)Oc1ccc(NC(=O)c2cc(NC3CC3)nc(-c3ccccc3)n2)cc1. The molecule has 1 aliphatic rings. The van der Waals surface area contributed by atoms with Crippen LogP contribution < -0.4 is 15.4 Å². The van der Waals surface area contributed by atoms with Crippen molar-refractivity contribution < 1.29 is 9.53 Å². The zero-order chi connectivity index (χ0) is 20.2. The first-order valence-electron chi connectivity index (χ1n) is 9.86. The third-order valence-corrected chi connectivity index (χ3v) is 4.40. The van der Waals surface area contributed by atoms with E-state index in [-0.39, 0.29) is 12.0 Å². The summed E-state index contributed by atoms with van der Waals surface area (Å²) in [5.41, 5.74) is 1.88. The molecule has 0 atom stereocenters. The van der Waals surface area contributed by atoms with Crippen molar-refractivity contribution in [3.63, 3.8) is 0 Å². The quantitative estimate of drug-likeness (QED) is 0.610. The Balaban J connectivity index is 1.56. The van der Waals surface area contributed by atoms with Crippen molar-refractivity contribution in [1.29, 1.82) is 0 Å². The maximum absolute atomic E-state index is 12.9. The van der Waals surface area contributed by atoms with Gasteiger partial charge in [0.25, 0.3) is 5.91 Å². The Hall–Kier alpha value is -3.41. The predicted molar refractivity (Wildman–Crippen MR) is 114 cm³/mol. The fourth-order valence-electron chi connectivity index (χ4n) is 2.87. The summed E-state index contributed by atoms with van der Waals surface area (Å²) >= 11 is 0. The van der Waals surface area contributed by atoms with Gasteiger partial charge in [-0.1, -0.05) is 30.3 Å². The topological polar surface area (TPSA) is 76.1 Å². The molecule has 1 heterocycles. The first kappa shape index (κ1) is 18.9. The number of rotatable bonds is 7. The summed E-state index contributed by atoms with van der Waals surface area (Å²) in [6.07, 6.45) is 2.35. The van der Waals surface area contributed by atoms with Crippen LogP contribution >= 0.6 is 0 Å². The van der Waals surface area contributed by atoms with Crippen molar-refractivity contribution in [3.05, 3.63) is 66.4 Å². The lowest BCUT2D eigenvalue weighted by Gasteiger charge is -2.12. The molecular formula is C23H24N4O2. The summed E-state index contributed by atoms with van der Waals surface area (Å²) in [4.78, 5) is 21.9. The Bertz CT molecular complexity index is 984. The van der Waals surface area contributed by atoms with Gasteiger partial charge < -0.3 is 15.4 Å². The van der Waals surface area contributed by atoms with Crippen LogP contribution in [0.4, 0.5) is 11.5 Å². The summed E-state index contributed by atoms with van der Waals surface area (Å²) in [7, 11) is 0. The molecule has 148 valence electrons. The Morgan fingerprint density at radius 3 is 2.41 bits per heavy atom. The molecule has 1 saturated carbocycles. The molecule has 0 saturated heterocycles. The molecule has 29 heavy (non-hydrogen) atoms. The largest absolute Gasteiger partial charge is 0.491 e. The minimum Gasteiger partial charge on any atom is -0.491 e. The van der Waals surface area contributed by atoms with E-state index in [1.54, 1.807) is 6.07 Å². The number of anilines is 2. The zero-order valence-corrected chi connectivity index (χ0v) is 16.6. The van der Waals surface area contributed by atoms with Crippen molar-refractivity contribution in [2.75, 3.05) is 10.6 Å². The van der Waals surface area contributed by atoms with Crippen LogP contribution in [0.2, 0.25) is 0 Å². The second kappa shape index (κ2) is 8.31. The van der Waals surface area contributed by atoms with E-state index < -0.39 is 0 Å². The van der Waals surface area contributed by atoms with Crippen molar-refractivity contribution in [1.82, 2.24) is 9.97 Å². The lowest BCUT2D eigenvalue weighted by atomic mass is 10.2. The molecule has 6 nitrogen and oxygen atoms in total. The summed E-state index contributed by atoms with van der Waals surface area (Å²) in [6.45, 7) is 3.95. The number of aromatic nitrogens is 2. The minimum atomic E-state index is -0.277. The van der Waals surface area contributed by atoms with Gasteiger partial charge in [-0.25, -0.2) is 9.97 Å². The molecule has 3 aromatic rings. The first-order chi connectivity index (χ1) is 14.1. The van der Waals surface area contributed by atoms with Crippen LogP contribution in [0.1, 0.15) is 37.2 Å². The predicted octanol–water partition coefficient (Wildman–Crippen LogP) is 4.76. The number of carbonyl (C=O) groups excluding carboxylic acids is 1. The van der Waals surface area contributed by atoms with Gasteiger partial charge in [0.15, 0.2) is 5.82 Å². The van der Waals surface area contributed by atoms with Gasteiger partial charge in [-0.2, -0.15) is 0 Å². The smallest absolute Gasteiger partial charge is 0.274 e. The van der Waals surface area contributed by atoms with E-state index in [1.165, 1.54) is 0 Å². The summed E-state index contributed by atoms with van der Waals surface area (Å²) in [5.74, 6) is 1.69. The van der Waals surface area contributed by atoms with Crippen LogP contribution in [-0.2, 0) is 0 Å². The standard InChI is InChI=1S/C23H24N4O2/c1-15(2)29-19-12-10-18(11-13-19)25-23(28)20-14-21(24-17-8-9-17)27-22(26-20)16-6-4-3-5-7-16/h3-7,10-15,17H,8-9H2,1-2H3,(H,25,28)(H,24,26,27). The molecule has 0 radical (unpaired) electrons. The molecule has 0 bridgehead atoms. The van der Waals surface area contributed by atoms with Crippen LogP contribution in [0.15, 0.2) is 60.7 Å². The Morgan fingerprint density at radius 1 is 1.03 bits per heavy atom. The molecule has 4 rings (SSSR count). The van der Waals surface area contributed by atoms with Gasteiger partial charge in [0.2, 0.25) is 0 Å². The van der Waals surface area contributed by atoms with Crippen molar-refractivity contribution in [3.8, 4) is 17.1 Å². The molecule has 0 aliphatic heterocycles. The number of nitrogens with zero attached hydrogens (tertiary/aromatic N) is 2. The lowest BCUT2D eigenvalue weighted by molar-refractivity contribution is 0.102. The molecule has 0 spiro atoms. The molecular weight excluding hydrogens is 364 g/mol. The van der Waals surface area contributed by atoms with Crippen LogP contribution in [0, 0.1) is 0 Å². The van der Waals surface area contributed by atoms with Gasteiger partial charge in [0, 0.05) is 23.4 Å². The van der Waals surface area contributed by atoms with E-state index in [9.17, 15) is 4.79 Å². The summed E-state index contributed by atoms with van der Waals surface area (Å²) < 4.78 is 5.64. The molecule has 1 amide bonds. The number of ether oxygens (including phenoxy) is 1. The zero-order valence-electron chi connectivity index (χ0n) is 16.6. The molecule has 1 fully saturated rings. The molecule has 2 aromatic carbocycles. The highest BCUT2D eigenvalue weighted by Crippen LogP contribution is 2.26. The van der Waals surface area contributed by atoms with Crippen LogP contribution in [0.25, 0.3) is 11.4 Å². The first-order valence-corrected chi connectivity index (χ1v) is 9.86. The van der Waals surface area contributed by atoms with E-state index >= 15 is 0 Å². The van der Waals surface area contributed by atoms with Gasteiger partial charge in [0.1, 0.15) is 17.3 Å². The number of benzene rings is 2. The Labute approximate surface area is 170 Å². The fourth-order valence-corrected chi connectivity index (χ4v) is 2.87. The van der Waals surface area contributed by atoms with E-state index in [4.69, 9.17) is 4.74 Å². The van der Waals surface area contributed by atoms with Crippen LogP contribution in [-0.4, -0.2) is 28.0 Å². The van der Waals surface area contributed by atoms with Gasteiger partial charge >= 0.3 is 0 Å². The maximum atomic E-state index is 12.9. The van der Waals surface area contributed by atoms with Gasteiger partial charge in [-0.15, -0.1) is 0 Å². The molecule has 6 heteroatoms. The second-order valence-corrected chi connectivity index (χ2v) is 7.39. The number of carbonyl (C=O) groups is 1. The highest BCUT2D eigenvalue weighted by atomic mass is 16.5. The van der Waals surface area contributed by atoms with E-state index in [1.807, 2.05) is 68.4 Å². The number of hydrogen-bond acceptors (Lipinski definition) is 5. The normalized spacial score (nSPS) is 13.2. The van der Waals surface area contributed by atoms with Gasteiger partial charge in [-0.05, 0) is 51.0 Å². The average Bonchev–Trinajstić information content (AvgIpc) is 3.53. The molecule has 1 aromatic heterocycles.